The fourth-order valence-corrected chi connectivity index (χ4v) is 10.6. The summed E-state index contributed by atoms with van der Waals surface area (Å²) >= 11 is -0.114. The van der Waals surface area contributed by atoms with Crippen LogP contribution in [-0.2, 0) is 48.8 Å². The van der Waals surface area contributed by atoms with Crippen molar-refractivity contribution < 1.29 is 78.0 Å². The van der Waals surface area contributed by atoms with E-state index in [9.17, 15) is 14.4 Å². The number of Topliss-reactive ketones (excluding diaryl/α,β-unsaturated/α-hetero) is 1. The number of carbonyl (C=O) groups is 3. The van der Waals surface area contributed by atoms with E-state index >= 15 is 0 Å². The Bertz CT molecular complexity index is 656. The molecule has 0 fully saturated rings. The standard InChI is InChI=1S/C8H8BNO3.C7H8.U.V.W/c1-5(11)8(2,9)10-6(12)3-4-7(10)13;1-4-6-7(3)5-2;;;/h3-4,9H,1H2,2H3;2,5-6H,1H2,3H3;;;/q+1;;-1;;. The van der Waals surface area contributed by atoms with Gasteiger partial charge >= 0.3 is 172 Å². The summed E-state index contributed by atoms with van der Waals surface area (Å²) in [6, 6.07) is 0. The summed E-state index contributed by atoms with van der Waals surface area (Å²) in [5.41, 5.74) is 0.372. The van der Waals surface area contributed by atoms with Crippen LogP contribution in [0.4, 0.5) is 0 Å². The first-order valence-corrected chi connectivity index (χ1v) is 15.7. The molecule has 0 radical (unpaired) electrons. The molecule has 0 N–H and O–H groups in total. The van der Waals surface area contributed by atoms with Gasteiger partial charge in [0.1, 0.15) is 0 Å². The van der Waals surface area contributed by atoms with E-state index < -0.39 is 24.0 Å². The maximum atomic E-state index is 12.7. The number of hydrogen-bond acceptors (Lipinski definition) is 3. The van der Waals surface area contributed by atoms with Gasteiger partial charge in [-0.05, 0) is 0 Å². The molecule has 0 bridgehead atoms. The Morgan fingerprint density at radius 1 is 1.39 bits per heavy atom. The van der Waals surface area contributed by atoms with Crippen molar-refractivity contribution in [1.82, 2.24) is 4.90 Å². The summed E-state index contributed by atoms with van der Waals surface area (Å²) < 4.78 is 4.40. The van der Waals surface area contributed by atoms with E-state index in [1.165, 1.54) is 26.9 Å². The second-order valence-electron chi connectivity index (χ2n) is 5.54. The van der Waals surface area contributed by atoms with Gasteiger partial charge in [-0.15, -0.1) is 0 Å². The Morgan fingerprint density at radius 2 is 2.04 bits per heavy atom. The van der Waals surface area contributed by atoms with Crippen LogP contribution < -0.4 is 0 Å². The molecule has 0 saturated carbocycles. The van der Waals surface area contributed by atoms with Gasteiger partial charge in [0, 0.05) is 0 Å². The van der Waals surface area contributed by atoms with Crippen molar-refractivity contribution in [3.05, 3.63) is 34.2 Å². The second kappa shape index (κ2) is 8.59. The van der Waals surface area contributed by atoms with Crippen molar-refractivity contribution in [2.75, 3.05) is 0 Å². The van der Waals surface area contributed by atoms with Gasteiger partial charge in [0.05, 0.1) is 0 Å². The van der Waals surface area contributed by atoms with Crippen LogP contribution in [0.15, 0.2) is 34.2 Å². The molecule has 117 valence electrons. The summed E-state index contributed by atoms with van der Waals surface area (Å²) in [6.07, 6.45) is 6.97. The van der Waals surface area contributed by atoms with Crippen LogP contribution in [0.5, 0.6) is 0 Å². The molecule has 8 heteroatoms. The molecule has 2 amide bonds. The van der Waals surface area contributed by atoms with E-state index in [0.717, 1.165) is 4.81 Å². The number of allylic oxidation sites excluding steroid dienone is 4. The first-order chi connectivity index (χ1) is 10.9. The Kier molecular flexibility index (Phi) is 7.33. The van der Waals surface area contributed by atoms with Gasteiger partial charge in [-0.3, -0.25) is 0 Å². The number of amides is 2. The number of ketones is 1. The predicted octanol–water partition coefficient (Wildman–Crippen LogP) is 0.745. The van der Waals surface area contributed by atoms with Gasteiger partial charge in [0.2, 0.25) is 0 Å². The zero-order valence-corrected chi connectivity index (χ0v) is 21.5. The number of imide groups is 1. The molecule has 0 aromatic heterocycles. The molecule has 1 unspecified atom stereocenters. The first-order valence-electron chi connectivity index (χ1n) is 7.12. The summed E-state index contributed by atoms with van der Waals surface area (Å²) in [4.78, 5) is 39.5. The van der Waals surface area contributed by atoms with Crippen LogP contribution >= 0.6 is 0 Å². The Labute approximate surface area is 170 Å². The van der Waals surface area contributed by atoms with E-state index in [2.05, 4.69) is 23.8 Å². The molecule has 2 aliphatic heterocycles. The third-order valence-electron chi connectivity index (χ3n) is 3.70. The third-order valence-corrected chi connectivity index (χ3v) is 12.9. The van der Waals surface area contributed by atoms with Crippen LogP contribution in [0.25, 0.3) is 0 Å². The molecule has 2 aliphatic rings. The van der Waals surface area contributed by atoms with Crippen LogP contribution in [0.1, 0.15) is 13.8 Å². The molecule has 0 saturated heterocycles. The molecule has 23 heavy (non-hydrogen) atoms. The van der Waals surface area contributed by atoms with Crippen LogP contribution in [0, 0.1) is 29.2 Å². The monoisotopic (exact) mass is 742 g/mol. The van der Waals surface area contributed by atoms with Crippen molar-refractivity contribution in [3.63, 3.8) is 0 Å². The molecule has 0 aromatic carbocycles. The van der Waals surface area contributed by atoms with E-state index in [0.29, 0.717) is 38.1 Å². The van der Waals surface area contributed by atoms with Gasteiger partial charge in [-0.1, -0.05) is 0 Å². The van der Waals surface area contributed by atoms with Crippen LogP contribution in [-0.4, -0.2) is 36.8 Å². The SMILES string of the molecule is CC1=C[CH]=[V][C]([CH2][W][CH2]C(=O)C(C)([BH][U])N2C(=O)C=CC2=O)=C1. The minimum atomic E-state index is -0.917. The molecular weight excluding hydrogens is 726 g/mol. The minimum absolute atomic E-state index is 0.0831. The fourth-order valence-electron chi connectivity index (χ4n) is 2.27. The van der Waals surface area contributed by atoms with Crippen LogP contribution in [0.3, 0.4) is 0 Å². The molecule has 0 aromatic rings. The molecule has 0 aliphatic carbocycles. The molecule has 4 nitrogen and oxygen atoms in total. The fraction of sp³-hybridized carbons (Fsp3) is 0.333. The van der Waals surface area contributed by atoms with Crippen molar-refractivity contribution >= 4 is 26.4 Å². The van der Waals surface area contributed by atoms with Crippen molar-refractivity contribution in [2.24, 2.45) is 0 Å². The van der Waals surface area contributed by atoms with Crippen molar-refractivity contribution in [2.45, 2.75) is 28.9 Å². The summed E-state index contributed by atoms with van der Waals surface area (Å²) in [6.45, 7) is 3.87. The normalized spacial score (nSPS) is 19.6. The quantitative estimate of drug-likeness (QED) is 0.286. The van der Waals surface area contributed by atoms with E-state index in [4.69, 9.17) is 0 Å². The Morgan fingerprint density at radius 3 is 2.61 bits per heavy atom. The van der Waals surface area contributed by atoms with E-state index in [-0.39, 0.29) is 33.4 Å². The second-order valence-corrected chi connectivity index (χ2v) is 12.3. The summed E-state index contributed by atoms with van der Waals surface area (Å²) in [5.74, 6) is -0.598. The van der Waals surface area contributed by atoms with Gasteiger partial charge in [0.15, 0.2) is 0 Å². The average Bonchev–Trinajstić information content (AvgIpc) is 2.86. The van der Waals surface area contributed by atoms with Gasteiger partial charge in [-0.25, -0.2) is 0 Å². The third kappa shape index (κ3) is 4.68. The molecule has 1 atom stereocenters. The number of rotatable bonds is 7. The van der Waals surface area contributed by atoms with Gasteiger partial charge in [0.25, 0.3) is 0 Å². The zero-order valence-electron chi connectivity index (χ0n) is 13.0. The van der Waals surface area contributed by atoms with Crippen LogP contribution in [0.2, 0.25) is 9.62 Å². The number of nitrogens with zero attached hydrogens (tertiary/aromatic N) is 1. The van der Waals surface area contributed by atoms with Gasteiger partial charge in [-0.2, -0.15) is 0 Å². The van der Waals surface area contributed by atoms with Gasteiger partial charge < -0.3 is 0 Å². The maximum absolute atomic E-state index is 12.7. The predicted molar refractivity (Wildman–Crippen MR) is 79.1 cm³/mol. The van der Waals surface area contributed by atoms with E-state index in [1.807, 2.05) is 0 Å². The topological polar surface area (TPSA) is 54.5 Å². The first kappa shape index (κ1) is 19.6. The average molecular weight is 742 g/mol. The molecular formula is C15H16BNO3UVW. The Balaban J connectivity index is 1.98. The van der Waals surface area contributed by atoms with Crippen molar-refractivity contribution in [1.29, 1.82) is 0 Å². The zero-order chi connectivity index (χ0) is 17.0. The summed E-state index contributed by atoms with van der Waals surface area (Å²) in [7, 11) is 0. The molecule has 0 spiro atoms. The molecule has 2 heterocycles. The summed E-state index contributed by atoms with van der Waals surface area (Å²) in [5, 5.41) is 0. The van der Waals surface area contributed by atoms with E-state index in [1.54, 1.807) is 6.92 Å². The van der Waals surface area contributed by atoms with Crippen molar-refractivity contribution in [3.8, 4) is 0 Å². The molecule has 2 rings (SSSR count). The number of hydrogen-bond donors (Lipinski definition) is 0. The Hall–Kier alpha value is 0.290. The number of carbonyl (C=O) groups excluding carboxylic acids is 3.